The minimum Gasteiger partial charge on any atom is -0.508 e. The summed E-state index contributed by atoms with van der Waals surface area (Å²) in [5, 5.41) is 18.2. The Balaban J connectivity index is 1.48. The van der Waals surface area contributed by atoms with Gasteiger partial charge in [0.15, 0.2) is 0 Å². The number of phenolic OH excluding ortho intramolecular Hbond substituents is 1. The van der Waals surface area contributed by atoms with E-state index in [1.807, 2.05) is 25.1 Å². The predicted octanol–water partition coefficient (Wildman–Crippen LogP) is 5.94. The molecule has 0 aliphatic carbocycles. The normalized spacial score (nSPS) is 10.9. The van der Waals surface area contributed by atoms with Crippen LogP contribution in [0.25, 0.3) is 6.08 Å². The Morgan fingerprint density at radius 2 is 1.63 bits per heavy atom. The fourth-order valence-electron chi connectivity index (χ4n) is 3.97. The Morgan fingerprint density at radius 1 is 0.860 bits per heavy atom. The summed E-state index contributed by atoms with van der Waals surface area (Å²) in [6.07, 6.45) is 1.47. The third-order valence-electron chi connectivity index (χ3n) is 5.97. The number of para-hydroxylation sites is 2. The Labute approximate surface area is 253 Å². The number of amides is 3. The molecule has 0 fully saturated rings. The van der Waals surface area contributed by atoms with Gasteiger partial charge in [0.2, 0.25) is 5.91 Å². The molecule has 0 unspecified atom stereocenters. The largest absolute Gasteiger partial charge is 0.508 e. The van der Waals surface area contributed by atoms with Crippen molar-refractivity contribution in [3.05, 3.63) is 114 Å². The van der Waals surface area contributed by atoms with Crippen LogP contribution in [-0.2, 0) is 9.59 Å². The number of phenols is 1. The molecule has 4 N–H and O–H groups in total. The van der Waals surface area contributed by atoms with E-state index in [-0.39, 0.29) is 23.1 Å². The zero-order valence-electron chi connectivity index (χ0n) is 23.6. The first kappa shape index (κ1) is 30.7. The topological polar surface area (TPSA) is 126 Å². The van der Waals surface area contributed by atoms with E-state index in [9.17, 15) is 19.5 Å². The lowest BCUT2D eigenvalue weighted by Gasteiger charge is -2.13. The number of ether oxygens (including phenoxy) is 2. The van der Waals surface area contributed by atoms with Crippen LogP contribution in [0, 0.1) is 0 Å². The van der Waals surface area contributed by atoms with Crippen molar-refractivity contribution in [2.45, 2.75) is 11.8 Å². The first-order valence-electron chi connectivity index (χ1n) is 13.4. The van der Waals surface area contributed by atoms with Crippen LogP contribution in [0.1, 0.15) is 22.8 Å². The summed E-state index contributed by atoms with van der Waals surface area (Å²) in [4.78, 5) is 39.8. The van der Waals surface area contributed by atoms with Gasteiger partial charge < -0.3 is 30.5 Å². The van der Waals surface area contributed by atoms with Crippen molar-refractivity contribution in [3.8, 4) is 17.2 Å². The molecule has 3 amide bonds. The van der Waals surface area contributed by atoms with Gasteiger partial charge in [0.1, 0.15) is 22.9 Å². The van der Waals surface area contributed by atoms with Crippen LogP contribution in [0.2, 0.25) is 0 Å². The molecule has 43 heavy (non-hydrogen) atoms. The van der Waals surface area contributed by atoms with Crippen molar-refractivity contribution in [2.75, 3.05) is 30.1 Å². The minimum atomic E-state index is -0.577. The molecule has 0 aliphatic heterocycles. The van der Waals surface area contributed by atoms with Gasteiger partial charge in [-0.3, -0.25) is 14.4 Å². The third kappa shape index (κ3) is 8.88. The van der Waals surface area contributed by atoms with E-state index >= 15 is 0 Å². The first-order chi connectivity index (χ1) is 20.9. The molecule has 0 saturated carbocycles. The third-order valence-corrected chi connectivity index (χ3v) is 6.96. The van der Waals surface area contributed by atoms with Crippen molar-refractivity contribution in [3.63, 3.8) is 0 Å². The minimum absolute atomic E-state index is 0.00480. The summed E-state index contributed by atoms with van der Waals surface area (Å²) in [5.41, 5.74) is 1.87. The van der Waals surface area contributed by atoms with E-state index in [4.69, 9.17) is 9.47 Å². The number of thioether (sulfide) groups is 1. The van der Waals surface area contributed by atoms with Gasteiger partial charge in [0.05, 0.1) is 25.2 Å². The highest BCUT2D eigenvalue weighted by Gasteiger charge is 2.17. The van der Waals surface area contributed by atoms with E-state index in [1.54, 1.807) is 66.7 Å². The molecule has 0 heterocycles. The van der Waals surface area contributed by atoms with Gasteiger partial charge in [-0.05, 0) is 67.6 Å². The van der Waals surface area contributed by atoms with E-state index in [0.717, 1.165) is 4.90 Å². The maximum Gasteiger partial charge on any atom is 0.272 e. The Bertz CT molecular complexity index is 1620. The molecule has 9 nitrogen and oxygen atoms in total. The van der Waals surface area contributed by atoms with Crippen LogP contribution in [-0.4, -0.2) is 42.3 Å². The van der Waals surface area contributed by atoms with Crippen LogP contribution in [0.15, 0.2) is 108 Å². The average molecular weight is 598 g/mol. The number of anilines is 2. The van der Waals surface area contributed by atoms with Gasteiger partial charge in [0, 0.05) is 27.8 Å². The van der Waals surface area contributed by atoms with E-state index in [2.05, 4.69) is 16.0 Å². The van der Waals surface area contributed by atoms with Crippen LogP contribution < -0.4 is 25.4 Å². The predicted molar refractivity (Wildman–Crippen MR) is 169 cm³/mol. The lowest BCUT2D eigenvalue weighted by molar-refractivity contribution is -0.114. The molecular weight excluding hydrogens is 566 g/mol. The number of nitrogens with one attached hydrogen (secondary N) is 3. The molecule has 10 heteroatoms. The average Bonchev–Trinajstić information content (AvgIpc) is 3.02. The van der Waals surface area contributed by atoms with Crippen LogP contribution in [0.3, 0.4) is 0 Å². The standard InChI is InChI=1S/C33H31N3O6S/c1-3-42-29-15-8-7-14-27(29)35-31(38)21-43-26-13-9-12-24(19-26)34-33(40)28(36-32(39)22-10-5-4-6-11-22)18-23-16-17-25(37)20-30(23)41-2/h4-20,37H,3,21H2,1-2H3,(H,34,40)(H,35,38)(H,36,39)/b28-18+. The van der Waals surface area contributed by atoms with E-state index < -0.39 is 11.8 Å². The zero-order valence-corrected chi connectivity index (χ0v) is 24.4. The number of carbonyl (C=O) groups is 3. The van der Waals surface area contributed by atoms with E-state index in [0.29, 0.717) is 40.6 Å². The van der Waals surface area contributed by atoms with Crippen LogP contribution in [0.5, 0.6) is 17.2 Å². The SMILES string of the molecule is CCOc1ccccc1NC(=O)CSc1cccc(NC(=O)/C(=C\c2ccc(O)cc2OC)NC(=O)c2ccccc2)c1. The second kappa shape index (κ2) is 15.1. The number of hydrogen-bond acceptors (Lipinski definition) is 7. The smallest absolute Gasteiger partial charge is 0.272 e. The molecule has 0 saturated heterocycles. The number of benzene rings is 4. The number of hydrogen-bond donors (Lipinski definition) is 4. The van der Waals surface area contributed by atoms with Crippen molar-refractivity contribution in [1.82, 2.24) is 5.32 Å². The van der Waals surface area contributed by atoms with Crippen molar-refractivity contribution >= 4 is 46.9 Å². The van der Waals surface area contributed by atoms with Gasteiger partial charge in [-0.2, -0.15) is 0 Å². The quantitative estimate of drug-likeness (QED) is 0.118. The van der Waals surface area contributed by atoms with Gasteiger partial charge >= 0.3 is 0 Å². The summed E-state index contributed by atoms with van der Waals surface area (Å²) in [7, 11) is 1.44. The molecule has 0 bridgehead atoms. The van der Waals surface area contributed by atoms with Gasteiger partial charge in [-0.1, -0.05) is 36.4 Å². The highest BCUT2D eigenvalue weighted by Crippen LogP contribution is 2.27. The summed E-state index contributed by atoms with van der Waals surface area (Å²) >= 11 is 1.30. The first-order valence-corrected chi connectivity index (χ1v) is 14.4. The van der Waals surface area contributed by atoms with Crippen LogP contribution >= 0.6 is 11.8 Å². The number of rotatable bonds is 12. The molecule has 0 spiro atoms. The molecule has 4 rings (SSSR count). The molecule has 0 aromatic heterocycles. The molecular formula is C33H31N3O6S. The monoisotopic (exact) mass is 597 g/mol. The zero-order chi connectivity index (χ0) is 30.6. The summed E-state index contributed by atoms with van der Waals surface area (Å²) in [6.45, 7) is 2.36. The lowest BCUT2D eigenvalue weighted by atomic mass is 10.1. The summed E-state index contributed by atoms with van der Waals surface area (Å²) in [6, 6.07) is 27.2. The van der Waals surface area contributed by atoms with Gasteiger partial charge in [0.25, 0.3) is 11.8 Å². The molecule has 0 aliphatic rings. The maximum absolute atomic E-state index is 13.4. The fourth-order valence-corrected chi connectivity index (χ4v) is 4.72. The van der Waals surface area contributed by atoms with Crippen molar-refractivity contribution in [1.29, 1.82) is 0 Å². The highest BCUT2D eigenvalue weighted by atomic mass is 32.2. The summed E-state index contributed by atoms with van der Waals surface area (Å²) in [5.74, 6) is -0.205. The highest BCUT2D eigenvalue weighted by molar-refractivity contribution is 8.00. The van der Waals surface area contributed by atoms with Crippen molar-refractivity contribution in [2.24, 2.45) is 0 Å². The molecule has 4 aromatic carbocycles. The molecule has 4 aromatic rings. The number of methoxy groups -OCH3 is 1. The molecule has 0 radical (unpaired) electrons. The second-order valence-electron chi connectivity index (χ2n) is 9.05. The Hall–Kier alpha value is -5.22. The van der Waals surface area contributed by atoms with Crippen LogP contribution in [0.4, 0.5) is 11.4 Å². The van der Waals surface area contributed by atoms with Gasteiger partial charge in [-0.15, -0.1) is 11.8 Å². The maximum atomic E-state index is 13.4. The molecule has 220 valence electrons. The number of carbonyl (C=O) groups excluding carboxylic acids is 3. The second-order valence-corrected chi connectivity index (χ2v) is 10.1. The lowest BCUT2D eigenvalue weighted by Crippen LogP contribution is -2.30. The fraction of sp³-hybridized carbons (Fsp3) is 0.121. The number of aromatic hydroxyl groups is 1. The summed E-state index contributed by atoms with van der Waals surface area (Å²) < 4.78 is 10.9. The Kier molecular flexibility index (Phi) is 10.8. The van der Waals surface area contributed by atoms with Gasteiger partial charge in [-0.25, -0.2) is 0 Å². The Morgan fingerprint density at radius 3 is 2.40 bits per heavy atom. The molecule has 0 atom stereocenters. The van der Waals surface area contributed by atoms with E-state index in [1.165, 1.54) is 37.1 Å². The van der Waals surface area contributed by atoms with Crippen molar-refractivity contribution < 1.29 is 29.0 Å².